The maximum atomic E-state index is 5.66. The Kier molecular flexibility index (Phi) is 6.13. The third-order valence-electron chi connectivity index (χ3n) is 6.17. The van der Waals surface area contributed by atoms with Crippen molar-refractivity contribution in [2.24, 2.45) is 0 Å². The third kappa shape index (κ3) is 4.78. The van der Waals surface area contributed by atoms with Crippen LogP contribution in [0.3, 0.4) is 0 Å². The standard InChI is InChI=1S/C26H28N6O/c1-3-20(18-8-5-4-6-9-18)29-26-27-14-12-23(30-26)21-10-7-11-22(28-21)24-16-25(33-31-24)19-13-15-32(2)17-19/h4-12,14,16,19-20H,3,13,15,17H2,1-2H3,(H,27,29,30)/t19-,20-/m1/s1. The SMILES string of the molecule is CC[C@@H](Nc1nccc(-c2cccc(-c3cc([C@@H]4CCN(C)C4)on3)n2)n1)c1ccccc1. The first kappa shape index (κ1) is 21.3. The van der Waals surface area contributed by atoms with Gasteiger partial charge in [-0.05, 0) is 50.2 Å². The number of anilines is 1. The zero-order chi connectivity index (χ0) is 22.6. The van der Waals surface area contributed by atoms with Crippen LogP contribution in [-0.2, 0) is 0 Å². The first-order chi connectivity index (χ1) is 16.2. The van der Waals surface area contributed by atoms with Crippen molar-refractivity contribution in [3.05, 3.63) is 78.2 Å². The summed E-state index contributed by atoms with van der Waals surface area (Å²) in [6, 6.07) is 20.3. The summed E-state index contributed by atoms with van der Waals surface area (Å²) in [5.41, 5.74) is 4.28. The zero-order valence-corrected chi connectivity index (χ0v) is 19.0. The topological polar surface area (TPSA) is 80.0 Å². The van der Waals surface area contributed by atoms with Gasteiger partial charge in [-0.15, -0.1) is 0 Å². The van der Waals surface area contributed by atoms with Gasteiger partial charge in [-0.2, -0.15) is 0 Å². The second kappa shape index (κ2) is 9.50. The molecule has 1 fully saturated rings. The Morgan fingerprint density at radius 1 is 1.00 bits per heavy atom. The van der Waals surface area contributed by atoms with Gasteiger partial charge in [-0.3, -0.25) is 0 Å². The largest absolute Gasteiger partial charge is 0.360 e. The highest BCUT2D eigenvalue weighted by molar-refractivity contribution is 5.62. The van der Waals surface area contributed by atoms with Crippen LogP contribution in [0.2, 0.25) is 0 Å². The molecule has 0 unspecified atom stereocenters. The van der Waals surface area contributed by atoms with Crippen molar-refractivity contribution in [1.82, 2.24) is 25.0 Å². The predicted octanol–water partition coefficient (Wildman–Crippen LogP) is 5.18. The lowest BCUT2D eigenvalue weighted by Gasteiger charge is -2.17. The van der Waals surface area contributed by atoms with Crippen molar-refractivity contribution in [2.45, 2.75) is 31.7 Å². The van der Waals surface area contributed by atoms with E-state index < -0.39 is 0 Å². The molecule has 0 amide bonds. The number of nitrogens with one attached hydrogen (secondary N) is 1. The highest BCUT2D eigenvalue weighted by Gasteiger charge is 2.25. The van der Waals surface area contributed by atoms with E-state index >= 15 is 0 Å². The number of pyridine rings is 1. The molecule has 4 aromatic rings. The monoisotopic (exact) mass is 440 g/mol. The Morgan fingerprint density at radius 2 is 1.79 bits per heavy atom. The van der Waals surface area contributed by atoms with Crippen LogP contribution in [-0.4, -0.2) is 45.1 Å². The molecule has 7 nitrogen and oxygen atoms in total. The number of likely N-dealkylation sites (tertiary alicyclic amines) is 1. The van der Waals surface area contributed by atoms with E-state index in [1.807, 2.05) is 48.5 Å². The molecule has 0 radical (unpaired) electrons. The highest BCUT2D eigenvalue weighted by Crippen LogP contribution is 2.30. The molecule has 1 aliphatic heterocycles. The van der Waals surface area contributed by atoms with E-state index in [2.05, 4.69) is 46.5 Å². The number of benzene rings is 1. The molecule has 0 bridgehead atoms. The molecule has 7 heteroatoms. The van der Waals surface area contributed by atoms with E-state index in [1.165, 1.54) is 5.56 Å². The van der Waals surface area contributed by atoms with Gasteiger partial charge in [0.1, 0.15) is 11.5 Å². The molecule has 0 saturated carbocycles. The molecule has 2 atom stereocenters. The lowest BCUT2D eigenvalue weighted by molar-refractivity contribution is 0.351. The van der Waals surface area contributed by atoms with Gasteiger partial charge in [0, 0.05) is 24.7 Å². The summed E-state index contributed by atoms with van der Waals surface area (Å²) >= 11 is 0. The van der Waals surface area contributed by atoms with Crippen LogP contribution in [0.5, 0.6) is 0 Å². The van der Waals surface area contributed by atoms with E-state index in [0.29, 0.717) is 11.9 Å². The summed E-state index contributed by atoms with van der Waals surface area (Å²) in [7, 11) is 2.13. The van der Waals surface area contributed by atoms with Crippen molar-refractivity contribution < 1.29 is 4.52 Å². The second-order valence-corrected chi connectivity index (χ2v) is 8.55. The van der Waals surface area contributed by atoms with Crippen molar-refractivity contribution in [1.29, 1.82) is 0 Å². The number of hydrogen-bond donors (Lipinski definition) is 1. The van der Waals surface area contributed by atoms with E-state index in [4.69, 9.17) is 14.5 Å². The minimum Gasteiger partial charge on any atom is -0.360 e. The first-order valence-corrected chi connectivity index (χ1v) is 11.5. The summed E-state index contributed by atoms with van der Waals surface area (Å²) in [6.45, 7) is 4.23. The minimum atomic E-state index is 0.143. The number of nitrogens with zero attached hydrogens (tertiary/aromatic N) is 5. The molecule has 0 aliphatic carbocycles. The van der Waals surface area contributed by atoms with Gasteiger partial charge in [0.15, 0.2) is 0 Å². The Balaban J connectivity index is 1.36. The van der Waals surface area contributed by atoms with E-state index in [9.17, 15) is 0 Å². The Labute approximate surface area is 193 Å². The molecule has 0 spiro atoms. The van der Waals surface area contributed by atoms with Crippen molar-refractivity contribution in [3.63, 3.8) is 0 Å². The molecular weight excluding hydrogens is 412 g/mol. The lowest BCUT2D eigenvalue weighted by atomic mass is 10.1. The molecule has 3 aromatic heterocycles. The van der Waals surface area contributed by atoms with E-state index in [1.54, 1.807) is 6.20 Å². The number of likely N-dealkylation sites (N-methyl/N-ethyl adjacent to an activating group) is 1. The number of rotatable bonds is 7. The third-order valence-corrected chi connectivity index (χ3v) is 6.17. The maximum absolute atomic E-state index is 5.66. The van der Waals surface area contributed by atoms with Crippen LogP contribution in [0, 0.1) is 0 Å². The van der Waals surface area contributed by atoms with Gasteiger partial charge in [-0.1, -0.05) is 48.5 Å². The van der Waals surface area contributed by atoms with Crippen LogP contribution in [0.4, 0.5) is 5.95 Å². The smallest absolute Gasteiger partial charge is 0.223 e. The van der Waals surface area contributed by atoms with E-state index in [0.717, 1.165) is 54.5 Å². The summed E-state index contributed by atoms with van der Waals surface area (Å²) in [4.78, 5) is 16.3. The zero-order valence-electron chi connectivity index (χ0n) is 19.0. The number of hydrogen-bond acceptors (Lipinski definition) is 7. The van der Waals surface area contributed by atoms with Gasteiger partial charge in [0.25, 0.3) is 0 Å². The Morgan fingerprint density at radius 3 is 2.55 bits per heavy atom. The van der Waals surface area contributed by atoms with Crippen LogP contribution in [0.1, 0.15) is 43.0 Å². The minimum absolute atomic E-state index is 0.143. The fourth-order valence-electron chi connectivity index (χ4n) is 4.32. The van der Waals surface area contributed by atoms with E-state index in [-0.39, 0.29) is 6.04 Å². The average molecular weight is 441 g/mol. The summed E-state index contributed by atoms with van der Waals surface area (Å²) in [5, 5.41) is 7.75. The van der Waals surface area contributed by atoms with Crippen LogP contribution < -0.4 is 5.32 Å². The molecule has 1 aliphatic rings. The molecule has 33 heavy (non-hydrogen) atoms. The van der Waals surface area contributed by atoms with Crippen molar-refractivity contribution >= 4 is 5.95 Å². The van der Waals surface area contributed by atoms with Crippen LogP contribution >= 0.6 is 0 Å². The van der Waals surface area contributed by atoms with Gasteiger partial charge in [0.2, 0.25) is 5.95 Å². The van der Waals surface area contributed by atoms with Crippen molar-refractivity contribution in [3.8, 4) is 22.8 Å². The molecule has 1 saturated heterocycles. The fraction of sp³-hybridized carbons (Fsp3) is 0.308. The summed E-state index contributed by atoms with van der Waals surface area (Å²) in [6.07, 6.45) is 3.79. The molecular formula is C26H28N6O. The molecule has 1 N–H and O–H groups in total. The molecule has 4 heterocycles. The first-order valence-electron chi connectivity index (χ1n) is 11.5. The quantitative estimate of drug-likeness (QED) is 0.424. The summed E-state index contributed by atoms with van der Waals surface area (Å²) < 4.78 is 5.66. The maximum Gasteiger partial charge on any atom is 0.223 e. The Bertz CT molecular complexity index is 1210. The van der Waals surface area contributed by atoms with Gasteiger partial charge < -0.3 is 14.7 Å². The van der Waals surface area contributed by atoms with Crippen molar-refractivity contribution in [2.75, 3.05) is 25.5 Å². The summed E-state index contributed by atoms with van der Waals surface area (Å²) in [5.74, 6) is 1.91. The molecule has 168 valence electrons. The second-order valence-electron chi connectivity index (χ2n) is 8.55. The van der Waals surface area contributed by atoms with Gasteiger partial charge >= 0.3 is 0 Å². The number of aromatic nitrogens is 4. The van der Waals surface area contributed by atoms with Crippen LogP contribution in [0.25, 0.3) is 22.8 Å². The normalized spacial score (nSPS) is 17.2. The molecule has 1 aromatic carbocycles. The van der Waals surface area contributed by atoms with Crippen LogP contribution in [0.15, 0.2) is 71.4 Å². The Hall–Kier alpha value is -3.58. The highest BCUT2D eigenvalue weighted by atomic mass is 16.5. The molecule has 5 rings (SSSR count). The average Bonchev–Trinajstić information content (AvgIpc) is 3.53. The van der Waals surface area contributed by atoms with Gasteiger partial charge in [-0.25, -0.2) is 15.0 Å². The van der Waals surface area contributed by atoms with Gasteiger partial charge in [0.05, 0.1) is 23.1 Å². The predicted molar refractivity (Wildman–Crippen MR) is 129 cm³/mol. The fourth-order valence-corrected chi connectivity index (χ4v) is 4.32. The lowest BCUT2D eigenvalue weighted by Crippen LogP contribution is -2.13.